The molecular formula is C24H26N2O3. The second-order valence-electron chi connectivity index (χ2n) is 8.32. The van der Waals surface area contributed by atoms with Crippen molar-refractivity contribution in [3.63, 3.8) is 0 Å². The number of benzene rings is 2. The molecule has 3 amide bonds. The van der Waals surface area contributed by atoms with E-state index in [1.165, 1.54) is 5.56 Å². The molecule has 29 heavy (non-hydrogen) atoms. The second kappa shape index (κ2) is 7.82. The van der Waals surface area contributed by atoms with Crippen molar-refractivity contribution >= 4 is 17.7 Å². The number of imide groups is 1. The fourth-order valence-electron chi connectivity index (χ4n) is 4.44. The number of aryl methyl sites for hydroxylation is 1. The lowest BCUT2D eigenvalue weighted by molar-refractivity contribution is -0.126. The number of hydrogen-bond donors (Lipinski definition) is 1. The van der Waals surface area contributed by atoms with Gasteiger partial charge in [-0.25, -0.2) is 0 Å². The van der Waals surface area contributed by atoms with Gasteiger partial charge in [-0.3, -0.25) is 19.3 Å². The maximum atomic E-state index is 13.3. The fraction of sp³-hybridized carbons (Fsp3) is 0.375. The van der Waals surface area contributed by atoms with Crippen LogP contribution in [0.4, 0.5) is 0 Å². The molecule has 150 valence electrons. The molecule has 2 aliphatic rings. The van der Waals surface area contributed by atoms with E-state index in [1.54, 1.807) is 24.3 Å². The number of hydrogen-bond acceptors (Lipinski definition) is 3. The van der Waals surface area contributed by atoms with Crippen LogP contribution >= 0.6 is 0 Å². The molecule has 1 N–H and O–H groups in total. The minimum absolute atomic E-state index is 0.0858. The molecule has 5 heteroatoms. The summed E-state index contributed by atoms with van der Waals surface area (Å²) in [6, 6.07) is 14.0. The molecule has 0 radical (unpaired) electrons. The molecule has 1 aliphatic heterocycles. The Labute approximate surface area is 171 Å². The molecule has 2 aromatic rings. The van der Waals surface area contributed by atoms with E-state index < -0.39 is 6.04 Å². The van der Waals surface area contributed by atoms with Gasteiger partial charge in [0.1, 0.15) is 6.04 Å². The Kier molecular flexibility index (Phi) is 5.22. The van der Waals surface area contributed by atoms with Gasteiger partial charge in [0, 0.05) is 0 Å². The van der Waals surface area contributed by atoms with E-state index in [9.17, 15) is 14.4 Å². The third-order valence-electron chi connectivity index (χ3n) is 5.82. The Bertz CT molecular complexity index is 931. The van der Waals surface area contributed by atoms with Gasteiger partial charge in [-0.1, -0.05) is 50.2 Å². The standard InChI is InChI=1S/C24H26N2O3/c1-15(2)14-21(26-23(28)18-11-5-6-12-19(18)24(26)29)22(27)25-20-13-7-9-16-8-3-4-10-17(16)20/h3-6,8,10-12,15,20-21H,7,9,13-14H2,1-2H3,(H,25,27)/t20-,21-/m1/s1. The largest absolute Gasteiger partial charge is 0.347 e. The quantitative estimate of drug-likeness (QED) is 0.788. The smallest absolute Gasteiger partial charge is 0.262 e. The SMILES string of the molecule is CC(C)C[C@H](C(=O)N[C@@H]1CCCc2ccccc21)N1C(=O)c2ccccc2C1=O. The average molecular weight is 390 g/mol. The van der Waals surface area contributed by atoms with Crippen molar-refractivity contribution in [3.05, 3.63) is 70.8 Å². The predicted molar refractivity (Wildman–Crippen MR) is 110 cm³/mol. The number of carbonyl (C=O) groups excluding carboxylic acids is 3. The van der Waals surface area contributed by atoms with Crippen molar-refractivity contribution in [2.75, 3.05) is 0 Å². The third kappa shape index (κ3) is 3.57. The number of nitrogens with one attached hydrogen (secondary N) is 1. The van der Waals surface area contributed by atoms with Crippen LogP contribution in [0, 0.1) is 5.92 Å². The molecule has 2 atom stereocenters. The van der Waals surface area contributed by atoms with Crippen molar-refractivity contribution < 1.29 is 14.4 Å². The Morgan fingerprint density at radius 1 is 1.03 bits per heavy atom. The Hall–Kier alpha value is -2.95. The minimum Gasteiger partial charge on any atom is -0.347 e. The summed E-state index contributed by atoms with van der Waals surface area (Å²) in [4.78, 5) is 40.4. The highest BCUT2D eigenvalue weighted by atomic mass is 16.2. The summed E-state index contributed by atoms with van der Waals surface area (Å²) in [5.74, 6) is -0.852. The van der Waals surface area contributed by atoms with E-state index in [4.69, 9.17) is 0 Å². The van der Waals surface area contributed by atoms with Gasteiger partial charge in [0.2, 0.25) is 5.91 Å². The fourth-order valence-corrected chi connectivity index (χ4v) is 4.44. The molecular weight excluding hydrogens is 364 g/mol. The van der Waals surface area contributed by atoms with E-state index in [2.05, 4.69) is 17.4 Å². The lowest BCUT2D eigenvalue weighted by Gasteiger charge is -2.31. The molecule has 0 saturated heterocycles. The Morgan fingerprint density at radius 2 is 1.66 bits per heavy atom. The first kappa shape index (κ1) is 19.4. The lowest BCUT2D eigenvalue weighted by Crippen LogP contribution is -2.51. The van der Waals surface area contributed by atoms with Crippen LogP contribution in [0.25, 0.3) is 0 Å². The third-order valence-corrected chi connectivity index (χ3v) is 5.82. The van der Waals surface area contributed by atoms with Crippen molar-refractivity contribution in [1.29, 1.82) is 0 Å². The summed E-state index contributed by atoms with van der Waals surface area (Å²) in [5, 5.41) is 3.14. The number of amides is 3. The minimum atomic E-state index is -0.809. The molecule has 1 aliphatic carbocycles. The number of rotatable bonds is 5. The maximum Gasteiger partial charge on any atom is 0.262 e. The van der Waals surface area contributed by atoms with Crippen LogP contribution in [-0.4, -0.2) is 28.7 Å². The van der Waals surface area contributed by atoms with Crippen molar-refractivity contribution in [2.45, 2.75) is 51.6 Å². The molecule has 1 heterocycles. The zero-order chi connectivity index (χ0) is 20.5. The Balaban J connectivity index is 1.61. The topological polar surface area (TPSA) is 66.5 Å². The van der Waals surface area contributed by atoms with Gasteiger partial charge >= 0.3 is 0 Å². The van der Waals surface area contributed by atoms with Crippen LogP contribution < -0.4 is 5.32 Å². The van der Waals surface area contributed by atoms with Gasteiger partial charge < -0.3 is 5.32 Å². The summed E-state index contributed by atoms with van der Waals surface area (Å²) in [6.45, 7) is 3.99. The lowest BCUT2D eigenvalue weighted by atomic mass is 9.87. The summed E-state index contributed by atoms with van der Waals surface area (Å²) in [7, 11) is 0. The molecule has 0 fully saturated rings. The molecule has 0 spiro atoms. The van der Waals surface area contributed by atoms with E-state index >= 15 is 0 Å². The van der Waals surface area contributed by atoms with Gasteiger partial charge in [0.15, 0.2) is 0 Å². The maximum absolute atomic E-state index is 13.3. The molecule has 4 rings (SSSR count). The Morgan fingerprint density at radius 3 is 2.31 bits per heavy atom. The average Bonchev–Trinajstić information content (AvgIpc) is 2.97. The van der Waals surface area contributed by atoms with Crippen molar-refractivity contribution in [1.82, 2.24) is 10.2 Å². The second-order valence-corrected chi connectivity index (χ2v) is 8.32. The summed E-state index contributed by atoms with van der Waals surface area (Å²) >= 11 is 0. The van der Waals surface area contributed by atoms with Gasteiger partial charge in [-0.15, -0.1) is 0 Å². The first-order valence-electron chi connectivity index (χ1n) is 10.3. The number of carbonyl (C=O) groups is 3. The first-order chi connectivity index (χ1) is 14.0. The zero-order valence-electron chi connectivity index (χ0n) is 16.9. The van der Waals surface area contributed by atoms with Crippen LogP contribution in [0.2, 0.25) is 0 Å². The highest BCUT2D eigenvalue weighted by Crippen LogP contribution is 2.31. The van der Waals surface area contributed by atoms with Gasteiger partial charge in [0.25, 0.3) is 11.8 Å². The van der Waals surface area contributed by atoms with Gasteiger partial charge in [-0.05, 0) is 54.9 Å². The van der Waals surface area contributed by atoms with Crippen LogP contribution in [0.15, 0.2) is 48.5 Å². The summed E-state index contributed by atoms with van der Waals surface area (Å²) < 4.78 is 0. The highest BCUT2D eigenvalue weighted by molar-refractivity contribution is 6.22. The van der Waals surface area contributed by atoms with Gasteiger partial charge in [-0.2, -0.15) is 0 Å². The van der Waals surface area contributed by atoms with E-state index in [-0.39, 0.29) is 29.7 Å². The highest BCUT2D eigenvalue weighted by Gasteiger charge is 2.43. The molecule has 0 bridgehead atoms. The molecule has 2 aromatic carbocycles. The van der Waals surface area contributed by atoms with E-state index in [0.29, 0.717) is 17.5 Å². The normalized spacial score (nSPS) is 19.1. The van der Waals surface area contributed by atoms with Crippen LogP contribution in [0.5, 0.6) is 0 Å². The number of fused-ring (bicyclic) bond motifs is 2. The van der Waals surface area contributed by atoms with Crippen molar-refractivity contribution in [3.8, 4) is 0 Å². The van der Waals surface area contributed by atoms with E-state index in [1.807, 2.05) is 26.0 Å². The van der Waals surface area contributed by atoms with Crippen LogP contribution in [0.1, 0.15) is 71.0 Å². The predicted octanol–water partition coefficient (Wildman–Crippen LogP) is 3.89. The monoisotopic (exact) mass is 390 g/mol. The van der Waals surface area contributed by atoms with Gasteiger partial charge in [0.05, 0.1) is 17.2 Å². The van der Waals surface area contributed by atoms with Crippen molar-refractivity contribution in [2.24, 2.45) is 5.92 Å². The summed E-state index contributed by atoms with van der Waals surface area (Å²) in [6.07, 6.45) is 3.31. The number of nitrogens with zero attached hydrogens (tertiary/aromatic N) is 1. The first-order valence-corrected chi connectivity index (χ1v) is 10.3. The molecule has 0 saturated carbocycles. The summed E-state index contributed by atoms with van der Waals surface area (Å²) in [5.41, 5.74) is 3.15. The van der Waals surface area contributed by atoms with Crippen LogP contribution in [0.3, 0.4) is 0 Å². The zero-order valence-corrected chi connectivity index (χ0v) is 16.9. The van der Waals surface area contributed by atoms with E-state index in [0.717, 1.165) is 29.7 Å². The van der Waals surface area contributed by atoms with Crippen LogP contribution in [-0.2, 0) is 11.2 Å². The molecule has 5 nitrogen and oxygen atoms in total. The molecule has 0 aromatic heterocycles. The molecule has 0 unspecified atom stereocenters.